The molecule has 156 valence electrons. The molecular formula is C19H22N2NaO7S+. The summed E-state index contributed by atoms with van der Waals surface area (Å²) in [5.74, 6) is -1.18. The minimum absolute atomic E-state index is 0. The minimum atomic E-state index is -4.09. The first kappa shape index (κ1) is 26.1. The molecule has 0 saturated carbocycles. The van der Waals surface area contributed by atoms with Crippen molar-refractivity contribution in [2.45, 2.75) is 24.8 Å². The number of hydrogen-bond acceptors (Lipinski definition) is 7. The van der Waals surface area contributed by atoms with Gasteiger partial charge < -0.3 is 14.8 Å². The number of sulfone groups is 1. The van der Waals surface area contributed by atoms with E-state index in [-0.39, 0.29) is 34.5 Å². The third-order valence-electron chi connectivity index (χ3n) is 4.21. The van der Waals surface area contributed by atoms with Crippen molar-refractivity contribution in [3.8, 4) is 5.75 Å². The van der Waals surface area contributed by atoms with Gasteiger partial charge in [-0.2, -0.15) is 0 Å². The van der Waals surface area contributed by atoms with Gasteiger partial charge in [-0.1, -0.05) is 18.2 Å². The maximum Gasteiger partial charge on any atom is 1.00 e. The quantitative estimate of drug-likeness (QED) is 0.335. The number of methoxy groups -OCH3 is 2. The molecule has 0 radical (unpaired) electrons. The molecule has 2 aromatic carbocycles. The molecule has 0 aromatic heterocycles. The van der Waals surface area contributed by atoms with Crippen LogP contribution in [0.25, 0.3) is 0 Å². The number of nitrogens with one attached hydrogen (secondary N) is 1. The Balaban J connectivity index is 0.00000450. The van der Waals surface area contributed by atoms with Gasteiger partial charge in [-0.3, -0.25) is 14.9 Å². The predicted molar refractivity (Wildman–Crippen MR) is 106 cm³/mol. The molecule has 11 heteroatoms. The second kappa shape index (κ2) is 10.9. The maximum absolute atomic E-state index is 12.8. The van der Waals surface area contributed by atoms with E-state index in [9.17, 15) is 23.3 Å². The van der Waals surface area contributed by atoms with Crippen LogP contribution in [0.3, 0.4) is 0 Å². The van der Waals surface area contributed by atoms with E-state index in [0.29, 0.717) is 28.1 Å². The summed E-state index contributed by atoms with van der Waals surface area (Å²) in [5.41, 5.74) is 1.48. The van der Waals surface area contributed by atoms with E-state index < -0.39 is 32.6 Å². The van der Waals surface area contributed by atoms with E-state index in [1.807, 2.05) is 0 Å². The van der Waals surface area contributed by atoms with E-state index in [4.69, 9.17) is 9.47 Å². The van der Waals surface area contributed by atoms with Crippen LogP contribution in [0.5, 0.6) is 5.75 Å². The van der Waals surface area contributed by atoms with Crippen LogP contribution in [-0.2, 0) is 19.4 Å². The summed E-state index contributed by atoms with van der Waals surface area (Å²) >= 11 is 0. The molecule has 0 aliphatic heterocycles. The Bertz CT molecular complexity index is 1020. The fourth-order valence-electron chi connectivity index (χ4n) is 3.18. The van der Waals surface area contributed by atoms with Gasteiger partial charge in [0.2, 0.25) is 9.84 Å². The second-order valence-corrected chi connectivity index (χ2v) is 8.26. The van der Waals surface area contributed by atoms with E-state index in [2.05, 4.69) is 5.32 Å². The molecule has 30 heavy (non-hydrogen) atoms. The van der Waals surface area contributed by atoms with Crippen LogP contribution in [0.1, 0.15) is 22.8 Å². The van der Waals surface area contributed by atoms with Gasteiger partial charge in [-0.25, -0.2) is 8.42 Å². The predicted octanol–water partition coefficient (Wildman–Crippen LogP) is -0.350. The standard InChI is InChI=1S/C19H22N2O7S.Na/c1-12-9-14(10-13(2)18(12)29(25,26)11-21(23)24)20-19(22)17(28-4)15-7-5-6-8-16(15)27-3;/h5-10,17H,11H2,1-4H3,(H,20,22);/q;+1. The number of benzene rings is 2. The van der Waals surface area contributed by atoms with Crippen LogP contribution in [0.2, 0.25) is 0 Å². The van der Waals surface area contributed by atoms with Crippen LogP contribution in [0.4, 0.5) is 5.69 Å². The molecule has 0 fully saturated rings. The smallest absolute Gasteiger partial charge is 0.496 e. The van der Waals surface area contributed by atoms with Crippen LogP contribution in [0.15, 0.2) is 41.3 Å². The van der Waals surface area contributed by atoms with E-state index in [1.54, 1.807) is 24.3 Å². The minimum Gasteiger partial charge on any atom is -0.496 e. The van der Waals surface area contributed by atoms with Crippen molar-refractivity contribution in [1.29, 1.82) is 0 Å². The number of hydrogen-bond donors (Lipinski definition) is 1. The van der Waals surface area contributed by atoms with Crippen molar-refractivity contribution >= 4 is 21.4 Å². The Morgan fingerprint density at radius 3 is 2.23 bits per heavy atom. The number of ether oxygens (including phenoxy) is 2. The number of aryl methyl sites for hydroxylation is 2. The molecule has 2 aromatic rings. The number of amides is 1. The Morgan fingerprint density at radius 1 is 1.17 bits per heavy atom. The molecule has 2 rings (SSSR count). The SMILES string of the molecule is COc1ccccc1C(OC)C(=O)Nc1cc(C)c(S(=O)(=O)C[N+](=O)[O-])c(C)c1.[Na+]. The number of carbonyl (C=O) groups is 1. The van der Waals surface area contributed by atoms with Crippen molar-refractivity contribution in [2.75, 3.05) is 25.4 Å². The Hall–Kier alpha value is -1.98. The van der Waals surface area contributed by atoms with Gasteiger partial charge in [0.1, 0.15) is 5.75 Å². The van der Waals surface area contributed by atoms with Crippen molar-refractivity contribution in [3.63, 3.8) is 0 Å². The van der Waals surface area contributed by atoms with Crippen LogP contribution < -0.4 is 39.6 Å². The van der Waals surface area contributed by atoms with E-state index in [1.165, 1.54) is 40.2 Å². The molecule has 0 saturated heterocycles. The molecule has 0 spiro atoms. The number of carbonyl (C=O) groups excluding carboxylic acids is 1. The first-order valence-electron chi connectivity index (χ1n) is 8.53. The largest absolute Gasteiger partial charge is 1.00 e. The van der Waals surface area contributed by atoms with E-state index in [0.717, 1.165) is 0 Å². The summed E-state index contributed by atoms with van der Waals surface area (Å²) in [6.45, 7) is 3.03. The van der Waals surface area contributed by atoms with Gasteiger partial charge in [-0.15, -0.1) is 0 Å². The number of rotatable bonds is 8. The first-order valence-corrected chi connectivity index (χ1v) is 10.2. The van der Waals surface area contributed by atoms with Gasteiger partial charge in [0, 0.05) is 23.3 Å². The Kier molecular flexibility index (Phi) is 9.44. The van der Waals surface area contributed by atoms with Crippen LogP contribution in [0, 0.1) is 24.0 Å². The molecule has 1 N–H and O–H groups in total. The van der Waals surface area contributed by atoms with E-state index >= 15 is 0 Å². The number of nitrogens with zero attached hydrogens (tertiary/aromatic N) is 1. The number of anilines is 1. The normalized spacial score (nSPS) is 11.9. The Labute approximate surface area is 197 Å². The Morgan fingerprint density at radius 2 is 1.73 bits per heavy atom. The average molecular weight is 445 g/mol. The summed E-state index contributed by atoms with van der Waals surface area (Å²) in [4.78, 5) is 22.4. The zero-order valence-electron chi connectivity index (χ0n) is 17.5. The molecule has 9 nitrogen and oxygen atoms in total. The fourth-order valence-corrected chi connectivity index (χ4v) is 4.69. The third-order valence-corrected chi connectivity index (χ3v) is 6.03. The summed E-state index contributed by atoms with van der Waals surface area (Å²) < 4.78 is 35.1. The van der Waals surface area contributed by atoms with Crippen LogP contribution in [-0.4, -0.2) is 39.3 Å². The molecule has 1 atom stereocenters. The molecular weight excluding hydrogens is 423 g/mol. The number of para-hydroxylation sites is 1. The molecule has 1 unspecified atom stereocenters. The van der Waals surface area contributed by atoms with Crippen LogP contribution >= 0.6 is 0 Å². The van der Waals surface area contributed by atoms with Gasteiger partial charge in [-0.05, 0) is 43.2 Å². The molecule has 0 bridgehead atoms. The zero-order valence-corrected chi connectivity index (χ0v) is 20.3. The second-order valence-electron chi connectivity index (χ2n) is 6.36. The van der Waals surface area contributed by atoms with Gasteiger partial charge >= 0.3 is 35.4 Å². The zero-order chi connectivity index (χ0) is 21.8. The van der Waals surface area contributed by atoms with Gasteiger partial charge in [0.05, 0.1) is 12.0 Å². The van der Waals surface area contributed by atoms with Gasteiger partial charge in [0.25, 0.3) is 5.91 Å². The van der Waals surface area contributed by atoms with Crippen molar-refractivity contribution in [1.82, 2.24) is 0 Å². The maximum atomic E-state index is 12.8. The molecule has 0 heterocycles. The average Bonchev–Trinajstić information content (AvgIpc) is 2.60. The first-order chi connectivity index (χ1) is 13.6. The molecule has 0 aliphatic rings. The summed E-state index contributed by atoms with van der Waals surface area (Å²) in [6, 6.07) is 9.83. The van der Waals surface area contributed by atoms with Gasteiger partial charge in [0.15, 0.2) is 6.10 Å². The van der Waals surface area contributed by atoms with Crippen molar-refractivity contribution < 1.29 is 57.2 Å². The van der Waals surface area contributed by atoms with Crippen molar-refractivity contribution in [2.24, 2.45) is 0 Å². The topological polar surface area (TPSA) is 125 Å². The summed E-state index contributed by atoms with van der Waals surface area (Å²) in [7, 11) is -1.22. The summed E-state index contributed by atoms with van der Waals surface area (Å²) in [5, 5.41) is 13.4. The molecule has 0 aliphatic carbocycles. The third kappa shape index (κ3) is 6.02. The number of nitro groups is 1. The molecule has 1 amide bonds. The monoisotopic (exact) mass is 445 g/mol. The fraction of sp³-hybridized carbons (Fsp3) is 0.316. The van der Waals surface area contributed by atoms with Crippen molar-refractivity contribution in [3.05, 3.63) is 63.2 Å². The summed E-state index contributed by atoms with van der Waals surface area (Å²) in [6.07, 6.45) is -0.954.